The van der Waals surface area contributed by atoms with Crippen molar-refractivity contribution >= 4 is 22.2 Å². The van der Waals surface area contributed by atoms with Crippen LogP contribution in [0.3, 0.4) is 0 Å². The van der Waals surface area contributed by atoms with Gasteiger partial charge in [0.25, 0.3) is 0 Å². The van der Waals surface area contributed by atoms with Crippen LogP contribution < -0.4 is 5.73 Å². The number of pyridine rings is 1. The van der Waals surface area contributed by atoms with E-state index in [0.29, 0.717) is 35.8 Å². The lowest BCUT2D eigenvalue weighted by Gasteiger charge is -2.38. The van der Waals surface area contributed by atoms with Crippen LogP contribution >= 0.6 is 0 Å². The largest absolute Gasteiger partial charge is 0.417 e. The van der Waals surface area contributed by atoms with Crippen LogP contribution in [0.2, 0.25) is 0 Å². The molecule has 1 aromatic rings. The van der Waals surface area contributed by atoms with Crippen molar-refractivity contribution in [3.63, 3.8) is 0 Å². The van der Waals surface area contributed by atoms with Gasteiger partial charge in [-0.25, -0.2) is 0 Å². The van der Waals surface area contributed by atoms with Crippen LogP contribution in [0.1, 0.15) is 37.3 Å². The summed E-state index contributed by atoms with van der Waals surface area (Å²) in [5.74, 6) is 3.22. The number of nitrogens with two attached hydrogens (primary N) is 1. The number of allylic oxidation sites excluding steroid dienone is 1. The van der Waals surface area contributed by atoms with Crippen molar-refractivity contribution in [2.24, 2.45) is 33.9 Å². The van der Waals surface area contributed by atoms with Crippen molar-refractivity contribution in [2.45, 2.75) is 38.4 Å². The summed E-state index contributed by atoms with van der Waals surface area (Å²) in [5, 5.41) is 0. The van der Waals surface area contributed by atoms with E-state index in [1.54, 1.807) is 6.08 Å². The van der Waals surface area contributed by atoms with Gasteiger partial charge in [0, 0.05) is 82.1 Å². The molecule has 2 saturated heterocycles. The Labute approximate surface area is 188 Å². The lowest BCUT2D eigenvalue weighted by Crippen LogP contribution is -2.47. The Morgan fingerprint density at radius 3 is 2.69 bits per heavy atom. The second-order valence-corrected chi connectivity index (χ2v) is 11.3. The number of rotatable bonds is 5. The fourth-order valence-electron chi connectivity index (χ4n) is 6.13. The maximum Gasteiger partial charge on any atom is 0.417 e. The zero-order valence-electron chi connectivity index (χ0n) is 18.1. The minimum Gasteiger partial charge on any atom is -0.398 e. The van der Waals surface area contributed by atoms with Gasteiger partial charge in [0.15, 0.2) is 0 Å². The molecule has 9 heteroatoms. The number of halogens is 3. The van der Waals surface area contributed by atoms with Gasteiger partial charge < -0.3 is 5.73 Å². The quantitative estimate of drug-likeness (QED) is 0.676. The fraction of sp³-hybridized carbons (Fsp3) is 0.652. The second-order valence-electron chi connectivity index (χ2n) is 9.89. The Balaban J connectivity index is 1.24. The molecule has 5 rings (SSSR count). The molecule has 4 atom stereocenters. The number of hydrogen-bond donors (Lipinski definition) is 1. The first-order valence-electron chi connectivity index (χ1n) is 11.3. The number of likely N-dealkylation sites (tertiary alicyclic amines) is 1. The summed E-state index contributed by atoms with van der Waals surface area (Å²) in [7, 11) is -0.606. The molecule has 3 heterocycles. The van der Waals surface area contributed by atoms with E-state index in [-0.39, 0.29) is 11.3 Å². The zero-order chi connectivity index (χ0) is 22.7. The Hall–Kier alpha value is -1.74. The minimum absolute atomic E-state index is 0.271. The maximum absolute atomic E-state index is 13.0. The molecule has 1 spiro atoms. The van der Waals surface area contributed by atoms with Gasteiger partial charge in [0.1, 0.15) is 0 Å². The predicted octanol–water partition coefficient (Wildman–Crippen LogP) is 3.34. The molecule has 0 bridgehead atoms. The summed E-state index contributed by atoms with van der Waals surface area (Å²) in [6, 6.07) is 1.63. The summed E-state index contributed by atoms with van der Waals surface area (Å²) in [4.78, 5) is 11.0. The highest BCUT2D eigenvalue weighted by molar-refractivity contribution is 7.86. The molecule has 2 aliphatic carbocycles. The molecule has 0 amide bonds. The van der Waals surface area contributed by atoms with Crippen LogP contribution in [0.15, 0.2) is 29.5 Å². The molecule has 1 aromatic heterocycles. The van der Waals surface area contributed by atoms with E-state index < -0.39 is 22.5 Å². The first-order valence-corrected chi connectivity index (χ1v) is 12.8. The Bertz CT molecular complexity index is 972. The van der Waals surface area contributed by atoms with Crippen LogP contribution in [-0.4, -0.2) is 57.0 Å². The number of hydrogen-bond acceptors (Lipinski definition) is 5. The Morgan fingerprint density at radius 2 is 2.06 bits per heavy atom. The number of fused-ring (bicyclic) bond motifs is 1. The molecule has 0 aromatic carbocycles. The van der Waals surface area contributed by atoms with Crippen LogP contribution in [0.4, 0.5) is 13.2 Å². The highest BCUT2D eigenvalue weighted by atomic mass is 32.2. The number of aromatic nitrogens is 1. The number of nitrogens with zero attached hydrogens (tertiary/aromatic N) is 3. The van der Waals surface area contributed by atoms with Crippen LogP contribution in [0.5, 0.6) is 0 Å². The van der Waals surface area contributed by atoms with E-state index in [4.69, 9.17) is 5.73 Å². The van der Waals surface area contributed by atoms with Crippen molar-refractivity contribution in [2.75, 3.05) is 31.1 Å². The molecule has 32 heavy (non-hydrogen) atoms. The smallest absolute Gasteiger partial charge is 0.398 e. The molecular weight excluding hydrogens is 437 g/mol. The number of aliphatic imine (C=N–C) groups is 1. The molecular formula is C23H29F3N4OS. The van der Waals surface area contributed by atoms with E-state index in [2.05, 4.69) is 14.9 Å². The van der Waals surface area contributed by atoms with Gasteiger partial charge in [-0.05, 0) is 56.7 Å². The average Bonchev–Trinajstić information content (AvgIpc) is 3.06. The first kappa shape index (κ1) is 22.1. The SMILES string of the molecule is CCN=C(/C=C(\N)c1cncc(C(F)(F)F)c1)C1[C@H]2CC(N3CCC4(C3)CS(=O)C4)C[C@@H]12. The molecule has 4 aliphatic rings. The third-order valence-corrected chi connectivity index (χ3v) is 9.59. The third kappa shape index (κ3) is 4.02. The van der Waals surface area contributed by atoms with Gasteiger partial charge >= 0.3 is 6.18 Å². The van der Waals surface area contributed by atoms with Gasteiger partial charge in [-0.3, -0.25) is 19.1 Å². The van der Waals surface area contributed by atoms with Crippen molar-refractivity contribution < 1.29 is 17.4 Å². The van der Waals surface area contributed by atoms with Gasteiger partial charge in [-0.15, -0.1) is 0 Å². The normalized spacial score (nSPS) is 37.6. The Morgan fingerprint density at radius 1 is 1.34 bits per heavy atom. The summed E-state index contributed by atoms with van der Waals surface area (Å²) in [5.41, 5.74) is 7.14. The molecule has 2 aliphatic heterocycles. The van der Waals surface area contributed by atoms with Crippen LogP contribution in [0, 0.1) is 23.2 Å². The average molecular weight is 467 g/mol. The predicted molar refractivity (Wildman–Crippen MR) is 119 cm³/mol. The van der Waals surface area contributed by atoms with Crippen molar-refractivity contribution in [1.82, 2.24) is 9.88 Å². The van der Waals surface area contributed by atoms with Gasteiger partial charge in [-0.1, -0.05) is 0 Å². The lowest BCUT2D eigenvalue weighted by molar-refractivity contribution is -0.137. The van der Waals surface area contributed by atoms with E-state index in [1.807, 2.05) is 6.92 Å². The molecule has 5 nitrogen and oxygen atoms in total. The number of alkyl halides is 3. The summed E-state index contributed by atoms with van der Waals surface area (Å²) in [6.45, 7) is 4.77. The standard InChI is InChI=1S/C23H29F3N4OS/c1-2-29-20(8-19(27)14-5-15(10-28-9-14)23(24,25)26)21-17-6-16(7-18(17)21)30-4-3-22(11-30)12-32(31)13-22/h5,8-10,16-18,21H,2-4,6-7,11-13,27H2,1H3/b19-8-,29-20?/t16?,17-,18+,21?,22?,32?. The fourth-order valence-corrected chi connectivity index (χ4v) is 7.88. The molecule has 2 unspecified atom stereocenters. The van der Waals surface area contributed by atoms with Crippen molar-refractivity contribution in [3.05, 3.63) is 35.7 Å². The van der Waals surface area contributed by atoms with Gasteiger partial charge in [0.2, 0.25) is 0 Å². The summed E-state index contributed by atoms with van der Waals surface area (Å²) < 4.78 is 50.7. The van der Waals surface area contributed by atoms with Crippen molar-refractivity contribution in [1.29, 1.82) is 0 Å². The molecule has 0 radical (unpaired) electrons. The van der Waals surface area contributed by atoms with E-state index >= 15 is 0 Å². The molecule has 2 N–H and O–H groups in total. The van der Waals surface area contributed by atoms with Crippen LogP contribution in [-0.2, 0) is 17.0 Å². The molecule has 174 valence electrons. The molecule has 2 saturated carbocycles. The van der Waals surface area contributed by atoms with Crippen molar-refractivity contribution in [3.8, 4) is 0 Å². The summed E-state index contributed by atoms with van der Waals surface area (Å²) >= 11 is 0. The Kier molecular flexibility index (Phi) is 5.47. The highest BCUT2D eigenvalue weighted by Gasteiger charge is 2.60. The van der Waals surface area contributed by atoms with Gasteiger partial charge in [-0.2, -0.15) is 13.2 Å². The third-order valence-electron chi connectivity index (χ3n) is 7.72. The molecule has 4 fully saturated rings. The van der Waals surface area contributed by atoms with E-state index in [0.717, 1.165) is 55.4 Å². The topological polar surface area (TPSA) is 71.6 Å². The lowest BCUT2D eigenvalue weighted by atomic mass is 9.91. The first-order chi connectivity index (χ1) is 15.2. The highest BCUT2D eigenvalue weighted by Crippen LogP contribution is 2.60. The summed E-state index contributed by atoms with van der Waals surface area (Å²) in [6.07, 6.45) is 2.92. The monoisotopic (exact) mass is 466 g/mol. The second kappa shape index (κ2) is 7.94. The van der Waals surface area contributed by atoms with E-state index in [9.17, 15) is 17.4 Å². The maximum atomic E-state index is 13.0. The minimum atomic E-state index is -4.45. The zero-order valence-corrected chi connectivity index (χ0v) is 19.0. The van der Waals surface area contributed by atoms with E-state index in [1.165, 1.54) is 12.6 Å². The van der Waals surface area contributed by atoms with Gasteiger partial charge in [0.05, 0.1) is 5.56 Å². The van der Waals surface area contributed by atoms with Crippen LogP contribution in [0.25, 0.3) is 5.70 Å².